The van der Waals surface area contributed by atoms with Crippen LogP contribution >= 0.6 is 0 Å². The van der Waals surface area contributed by atoms with Crippen LogP contribution in [0.5, 0.6) is 0 Å². The Morgan fingerprint density at radius 3 is 0.629 bits per heavy atom. The number of anilines is 6. The fourth-order valence-corrected chi connectivity index (χ4v) is 10.0. The van der Waals surface area contributed by atoms with Crippen LogP contribution in [-0.2, 0) is 0 Å². The van der Waals surface area contributed by atoms with E-state index >= 15 is 0 Å². The molecule has 70 heavy (non-hydrogen) atoms. The van der Waals surface area contributed by atoms with E-state index in [1.807, 2.05) is 0 Å². The maximum Gasteiger partial charge on any atom is 0.0540 e. The molecule has 12 rings (SSSR count). The van der Waals surface area contributed by atoms with Crippen LogP contribution in [0.25, 0.3) is 77.2 Å². The second-order valence-electron chi connectivity index (χ2n) is 17.7. The highest BCUT2D eigenvalue weighted by molar-refractivity contribution is 6.13. The lowest BCUT2D eigenvalue weighted by Crippen LogP contribution is -2.11. The van der Waals surface area contributed by atoms with Crippen molar-refractivity contribution in [3.05, 3.63) is 291 Å². The van der Waals surface area contributed by atoms with Gasteiger partial charge in [0.05, 0.1) is 11.4 Å². The third-order valence-electron chi connectivity index (χ3n) is 13.5. The van der Waals surface area contributed by atoms with Gasteiger partial charge in [0.15, 0.2) is 0 Å². The van der Waals surface area contributed by atoms with Crippen LogP contribution in [0.4, 0.5) is 34.1 Å². The molecule has 0 saturated carbocycles. The molecule has 12 aromatic carbocycles. The Labute approximate surface area is 410 Å². The Balaban J connectivity index is 0.984. The molecule has 0 aliphatic heterocycles. The summed E-state index contributed by atoms with van der Waals surface area (Å²) < 4.78 is 0. The van der Waals surface area contributed by atoms with Crippen LogP contribution in [0.2, 0.25) is 0 Å². The van der Waals surface area contributed by atoms with Crippen molar-refractivity contribution in [2.75, 3.05) is 9.80 Å². The van der Waals surface area contributed by atoms with Gasteiger partial charge in [-0.3, -0.25) is 0 Å². The average molecular weight is 893 g/mol. The van der Waals surface area contributed by atoms with Crippen LogP contribution in [-0.4, -0.2) is 0 Å². The van der Waals surface area contributed by atoms with Crippen molar-refractivity contribution in [1.29, 1.82) is 0 Å². The molecule has 2 nitrogen and oxygen atoms in total. The lowest BCUT2D eigenvalue weighted by molar-refractivity contribution is 1.30. The van der Waals surface area contributed by atoms with Crippen molar-refractivity contribution < 1.29 is 0 Å². The van der Waals surface area contributed by atoms with Gasteiger partial charge < -0.3 is 9.80 Å². The second kappa shape index (κ2) is 18.8. The molecule has 0 bridgehead atoms. The fraction of sp³-hybridized carbons (Fsp3) is 0. The molecule has 0 amide bonds. The first-order chi connectivity index (χ1) is 34.7. The van der Waals surface area contributed by atoms with E-state index in [4.69, 9.17) is 0 Å². The normalized spacial score (nSPS) is 11.1. The summed E-state index contributed by atoms with van der Waals surface area (Å²) in [5, 5.41) is 4.72. The largest absolute Gasteiger partial charge is 0.310 e. The van der Waals surface area contributed by atoms with E-state index in [2.05, 4.69) is 301 Å². The van der Waals surface area contributed by atoms with Gasteiger partial charge in [0.2, 0.25) is 0 Å². The summed E-state index contributed by atoms with van der Waals surface area (Å²) >= 11 is 0. The summed E-state index contributed by atoms with van der Waals surface area (Å²) in [5.41, 5.74) is 18.5. The maximum absolute atomic E-state index is 2.40. The molecule has 0 saturated heterocycles. The van der Waals surface area contributed by atoms with E-state index in [-0.39, 0.29) is 0 Å². The summed E-state index contributed by atoms with van der Waals surface area (Å²) in [5.74, 6) is 0. The molecule has 0 heterocycles. The van der Waals surface area contributed by atoms with Crippen LogP contribution in [0.1, 0.15) is 0 Å². The van der Waals surface area contributed by atoms with E-state index in [1.54, 1.807) is 0 Å². The molecule has 0 atom stereocenters. The number of fused-ring (bicyclic) bond motifs is 2. The molecule has 0 N–H and O–H groups in total. The highest BCUT2D eigenvalue weighted by atomic mass is 15.1. The van der Waals surface area contributed by atoms with Crippen molar-refractivity contribution in [3.8, 4) is 55.6 Å². The molecule has 0 radical (unpaired) electrons. The standard InChI is InChI=1S/C68H48N2/c1-5-17-49(18-6-1)53-29-37-57(38-30-53)69(58-39-31-54(32-40-58)50-19-7-2-8-20-50)67-47-45-63(61-25-13-15-27-65(61)67)64-46-48-68(66-28-16-14-26-62(64)66)70(59-41-33-55(34-42-59)51-21-9-3-10-22-51)60-43-35-56(36-44-60)52-23-11-4-12-24-52/h1-48H. The average Bonchev–Trinajstić information content (AvgIpc) is 3.45. The van der Waals surface area contributed by atoms with E-state index < -0.39 is 0 Å². The van der Waals surface area contributed by atoms with Gasteiger partial charge in [0, 0.05) is 33.5 Å². The lowest BCUT2D eigenvalue weighted by atomic mass is 9.91. The van der Waals surface area contributed by atoms with E-state index in [0.717, 1.165) is 34.1 Å². The molecule has 0 aliphatic carbocycles. The minimum Gasteiger partial charge on any atom is -0.310 e. The van der Waals surface area contributed by atoms with Crippen LogP contribution in [0, 0.1) is 0 Å². The Morgan fingerprint density at radius 1 is 0.157 bits per heavy atom. The van der Waals surface area contributed by atoms with Crippen LogP contribution < -0.4 is 9.80 Å². The Morgan fingerprint density at radius 2 is 0.371 bits per heavy atom. The first kappa shape index (κ1) is 42.1. The number of nitrogens with zero attached hydrogens (tertiary/aromatic N) is 2. The van der Waals surface area contributed by atoms with Gasteiger partial charge in [-0.05, 0) is 127 Å². The van der Waals surface area contributed by atoms with Crippen molar-refractivity contribution >= 4 is 55.7 Å². The van der Waals surface area contributed by atoms with Crippen molar-refractivity contribution in [2.24, 2.45) is 0 Å². The Hall–Kier alpha value is -9.24. The third kappa shape index (κ3) is 8.19. The molecule has 0 aromatic heterocycles. The third-order valence-corrected chi connectivity index (χ3v) is 13.5. The number of hydrogen-bond donors (Lipinski definition) is 0. The van der Waals surface area contributed by atoms with Crippen molar-refractivity contribution in [1.82, 2.24) is 0 Å². The monoisotopic (exact) mass is 892 g/mol. The number of hydrogen-bond acceptors (Lipinski definition) is 2. The molecule has 0 fully saturated rings. The fourth-order valence-electron chi connectivity index (χ4n) is 10.0. The van der Waals surface area contributed by atoms with Crippen LogP contribution in [0.3, 0.4) is 0 Å². The number of benzene rings is 12. The highest BCUT2D eigenvalue weighted by Crippen LogP contribution is 2.47. The summed E-state index contributed by atoms with van der Waals surface area (Å²) in [6, 6.07) is 105. The van der Waals surface area contributed by atoms with Gasteiger partial charge >= 0.3 is 0 Å². The quantitative estimate of drug-likeness (QED) is 0.128. The van der Waals surface area contributed by atoms with E-state index in [1.165, 1.54) is 77.2 Å². The predicted molar refractivity (Wildman–Crippen MR) is 298 cm³/mol. The van der Waals surface area contributed by atoms with Gasteiger partial charge in [0.1, 0.15) is 0 Å². The van der Waals surface area contributed by atoms with Crippen molar-refractivity contribution in [2.45, 2.75) is 0 Å². The minimum absolute atomic E-state index is 1.09. The molecular weight excluding hydrogens is 845 g/mol. The molecule has 0 spiro atoms. The van der Waals surface area contributed by atoms with Crippen molar-refractivity contribution in [3.63, 3.8) is 0 Å². The molecule has 330 valence electrons. The first-order valence-electron chi connectivity index (χ1n) is 24.0. The van der Waals surface area contributed by atoms with Gasteiger partial charge in [-0.1, -0.05) is 231 Å². The first-order valence-corrected chi connectivity index (χ1v) is 24.0. The van der Waals surface area contributed by atoms with Gasteiger partial charge in [-0.25, -0.2) is 0 Å². The molecule has 0 unspecified atom stereocenters. The smallest absolute Gasteiger partial charge is 0.0540 e. The second-order valence-corrected chi connectivity index (χ2v) is 17.7. The van der Waals surface area contributed by atoms with Gasteiger partial charge in [-0.15, -0.1) is 0 Å². The topological polar surface area (TPSA) is 6.48 Å². The Bertz CT molecular complexity index is 3290. The van der Waals surface area contributed by atoms with Crippen LogP contribution in [0.15, 0.2) is 291 Å². The molecule has 0 aliphatic rings. The summed E-state index contributed by atoms with van der Waals surface area (Å²) in [6.45, 7) is 0. The minimum atomic E-state index is 1.09. The zero-order valence-corrected chi connectivity index (χ0v) is 38.6. The SMILES string of the molecule is c1ccc(-c2ccc(N(c3ccc(-c4ccccc4)cc3)c3ccc(-c4ccc(N(c5ccc(-c6ccccc6)cc5)c5ccc(-c6ccccc6)cc5)c5ccccc45)c4ccccc34)cc2)cc1. The van der Waals surface area contributed by atoms with E-state index in [9.17, 15) is 0 Å². The molecular formula is C68H48N2. The predicted octanol–water partition coefficient (Wildman–Crippen LogP) is 19.3. The van der Waals surface area contributed by atoms with Gasteiger partial charge in [-0.2, -0.15) is 0 Å². The highest BCUT2D eigenvalue weighted by Gasteiger charge is 2.21. The zero-order chi connectivity index (χ0) is 46.6. The zero-order valence-electron chi connectivity index (χ0n) is 38.6. The number of rotatable bonds is 11. The summed E-state index contributed by atoms with van der Waals surface area (Å²) in [7, 11) is 0. The van der Waals surface area contributed by atoms with E-state index in [0.29, 0.717) is 0 Å². The van der Waals surface area contributed by atoms with Gasteiger partial charge in [0.25, 0.3) is 0 Å². The molecule has 12 aromatic rings. The maximum atomic E-state index is 2.40. The Kier molecular flexibility index (Phi) is 11.3. The lowest BCUT2D eigenvalue weighted by Gasteiger charge is -2.29. The summed E-state index contributed by atoms with van der Waals surface area (Å²) in [6.07, 6.45) is 0. The molecule has 2 heteroatoms. The summed E-state index contributed by atoms with van der Waals surface area (Å²) in [4.78, 5) is 4.81.